The second-order valence-electron chi connectivity index (χ2n) is 7.36. The molecule has 0 radical (unpaired) electrons. The highest BCUT2D eigenvalue weighted by Crippen LogP contribution is 2.43. The number of amides is 1. The van der Waals surface area contributed by atoms with Crippen LogP contribution in [0.1, 0.15) is 27.7 Å². The molecule has 0 unspecified atom stereocenters. The van der Waals surface area contributed by atoms with Crippen LogP contribution < -0.4 is 11.5 Å². The van der Waals surface area contributed by atoms with Gasteiger partial charge in [-0.15, -0.1) is 0 Å². The smallest absolute Gasteiger partial charge is 0.270 e. The van der Waals surface area contributed by atoms with Crippen LogP contribution in [-0.2, 0) is 6.42 Å². The summed E-state index contributed by atoms with van der Waals surface area (Å²) in [5.41, 5.74) is 15.4. The largest absolute Gasteiger partial charge is 0.364 e. The fourth-order valence-electron chi connectivity index (χ4n) is 3.92. The number of hydrogen-bond acceptors (Lipinski definition) is 4. The average Bonchev–Trinajstić information content (AvgIpc) is 3.22. The van der Waals surface area contributed by atoms with Crippen molar-refractivity contribution in [1.82, 2.24) is 14.6 Å². The molecule has 1 aliphatic rings. The molecular weight excluding hydrogens is 388 g/mol. The number of aromatic nitrogens is 3. The van der Waals surface area contributed by atoms with Crippen LogP contribution in [-0.4, -0.2) is 26.4 Å². The van der Waals surface area contributed by atoms with E-state index in [4.69, 9.17) is 11.5 Å². The Morgan fingerprint density at radius 3 is 2.57 bits per heavy atom. The lowest BCUT2D eigenvalue weighted by molar-refractivity contribution is -0.0135. The molecule has 6 nitrogen and oxygen atoms in total. The van der Waals surface area contributed by atoms with E-state index in [1.165, 1.54) is 6.07 Å². The number of fused-ring (bicyclic) bond motifs is 2. The minimum absolute atomic E-state index is 0.100. The van der Waals surface area contributed by atoms with Gasteiger partial charge >= 0.3 is 0 Å². The molecule has 1 amide bonds. The van der Waals surface area contributed by atoms with E-state index in [0.717, 1.165) is 5.56 Å². The Kier molecular flexibility index (Phi) is 3.94. The Balaban J connectivity index is 1.75. The topological polar surface area (TPSA) is 99.3 Å². The van der Waals surface area contributed by atoms with Crippen molar-refractivity contribution in [2.45, 2.75) is 18.4 Å². The molecule has 2 aromatic carbocycles. The van der Waals surface area contributed by atoms with Crippen molar-refractivity contribution in [3.63, 3.8) is 0 Å². The molecule has 8 heteroatoms. The molecule has 4 N–H and O–H groups in total. The van der Waals surface area contributed by atoms with E-state index >= 15 is 0 Å². The number of alkyl halides is 2. The summed E-state index contributed by atoms with van der Waals surface area (Å²) < 4.78 is 29.7. The van der Waals surface area contributed by atoms with Gasteiger partial charge in [-0.25, -0.2) is 18.3 Å². The monoisotopic (exact) mass is 405 g/mol. The summed E-state index contributed by atoms with van der Waals surface area (Å²) in [4.78, 5) is 16.3. The molecule has 2 aromatic heterocycles. The van der Waals surface area contributed by atoms with E-state index in [-0.39, 0.29) is 5.69 Å². The van der Waals surface area contributed by atoms with Crippen LogP contribution in [0.15, 0.2) is 60.7 Å². The molecule has 0 saturated heterocycles. The molecule has 0 saturated carbocycles. The molecule has 0 spiro atoms. The quantitative estimate of drug-likeness (QED) is 0.546. The molecule has 150 valence electrons. The average molecular weight is 405 g/mol. The summed E-state index contributed by atoms with van der Waals surface area (Å²) in [6.07, 6.45) is -0.407. The van der Waals surface area contributed by atoms with E-state index in [1.807, 2.05) is 30.3 Å². The van der Waals surface area contributed by atoms with Crippen LogP contribution in [0.4, 0.5) is 8.78 Å². The third-order valence-corrected chi connectivity index (χ3v) is 5.41. The summed E-state index contributed by atoms with van der Waals surface area (Å²) in [5, 5.41) is 4.34. The zero-order valence-electron chi connectivity index (χ0n) is 15.7. The number of primary amides is 1. The maximum Gasteiger partial charge on any atom is 0.270 e. The third kappa shape index (κ3) is 2.76. The Morgan fingerprint density at radius 2 is 1.83 bits per heavy atom. The number of carbonyl (C=O) groups is 1. The highest BCUT2D eigenvalue weighted by Gasteiger charge is 2.45. The molecule has 5 rings (SSSR count). The standard InChI is InChI=1S/C22H17F2N5O/c23-22(24)11-14-10-13(6-7-15(14)20(22)25)18-19(12-4-2-1-3-5-12)29-17(27-18)9-8-16(28-29)21(26)30/h1-10,20H,11,25H2,(H2,26,30)/t20-/m1/s1. The third-order valence-electron chi connectivity index (χ3n) is 5.41. The molecule has 30 heavy (non-hydrogen) atoms. The first-order valence-electron chi connectivity index (χ1n) is 9.37. The summed E-state index contributed by atoms with van der Waals surface area (Å²) in [6, 6.07) is 16.3. The molecule has 1 atom stereocenters. The Labute approximate surface area is 170 Å². The van der Waals surface area contributed by atoms with E-state index in [1.54, 1.807) is 28.8 Å². The maximum absolute atomic E-state index is 14.1. The van der Waals surface area contributed by atoms with Crippen molar-refractivity contribution < 1.29 is 13.6 Å². The van der Waals surface area contributed by atoms with E-state index in [9.17, 15) is 13.6 Å². The van der Waals surface area contributed by atoms with Gasteiger partial charge in [0.15, 0.2) is 5.65 Å². The second kappa shape index (κ2) is 6.43. The first-order chi connectivity index (χ1) is 14.3. The van der Waals surface area contributed by atoms with Gasteiger partial charge in [0.1, 0.15) is 11.4 Å². The van der Waals surface area contributed by atoms with Gasteiger partial charge in [-0.1, -0.05) is 42.5 Å². The highest BCUT2D eigenvalue weighted by molar-refractivity contribution is 5.91. The van der Waals surface area contributed by atoms with Crippen LogP contribution in [0.2, 0.25) is 0 Å². The van der Waals surface area contributed by atoms with Crippen LogP contribution in [0.3, 0.4) is 0 Å². The van der Waals surface area contributed by atoms with Gasteiger partial charge in [0.25, 0.3) is 11.8 Å². The first-order valence-corrected chi connectivity index (χ1v) is 9.37. The van der Waals surface area contributed by atoms with Crippen molar-refractivity contribution >= 4 is 11.6 Å². The summed E-state index contributed by atoms with van der Waals surface area (Å²) >= 11 is 0. The van der Waals surface area contributed by atoms with Crippen LogP contribution in [0.25, 0.3) is 28.2 Å². The lowest BCUT2D eigenvalue weighted by Crippen LogP contribution is -2.28. The van der Waals surface area contributed by atoms with Crippen molar-refractivity contribution in [3.8, 4) is 22.5 Å². The summed E-state index contributed by atoms with van der Waals surface area (Å²) in [7, 11) is 0. The van der Waals surface area contributed by atoms with Crippen molar-refractivity contribution in [2.75, 3.05) is 0 Å². The number of nitrogens with zero attached hydrogens (tertiary/aromatic N) is 3. The Bertz CT molecular complexity index is 1300. The van der Waals surface area contributed by atoms with Gasteiger partial charge in [-0.2, -0.15) is 5.10 Å². The number of benzene rings is 2. The van der Waals surface area contributed by atoms with Gasteiger partial charge in [0, 0.05) is 17.5 Å². The molecule has 0 aliphatic heterocycles. The highest BCUT2D eigenvalue weighted by atomic mass is 19.3. The molecule has 0 fully saturated rings. The van der Waals surface area contributed by atoms with Crippen molar-refractivity contribution in [1.29, 1.82) is 0 Å². The number of nitrogens with two attached hydrogens (primary N) is 2. The first kappa shape index (κ1) is 18.4. The summed E-state index contributed by atoms with van der Waals surface area (Å²) in [5.74, 6) is -3.63. The van der Waals surface area contributed by atoms with Gasteiger partial charge in [-0.3, -0.25) is 4.79 Å². The number of imidazole rings is 1. The number of rotatable bonds is 3. The zero-order valence-corrected chi connectivity index (χ0v) is 15.7. The van der Waals surface area contributed by atoms with Crippen LogP contribution in [0, 0.1) is 0 Å². The minimum Gasteiger partial charge on any atom is -0.364 e. The molecule has 4 aromatic rings. The van der Waals surface area contributed by atoms with Crippen molar-refractivity contribution in [3.05, 3.63) is 77.5 Å². The second-order valence-corrected chi connectivity index (χ2v) is 7.36. The minimum atomic E-state index is -2.97. The fourth-order valence-corrected chi connectivity index (χ4v) is 3.92. The Morgan fingerprint density at radius 1 is 1.07 bits per heavy atom. The lowest BCUT2D eigenvalue weighted by atomic mass is 10.0. The normalized spacial score (nSPS) is 17.2. The number of carbonyl (C=O) groups excluding carboxylic acids is 1. The van der Waals surface area contributed by atoms with E-state index < -0.39 is 24.3 Å². The van der Waals surface area contributed by atoms with E-state index in [2.05, 4.69) is 10.1 Å². The zero-order chi connectivity index (χ0) is 21.0. The fraction of sp³-hybridized carbons (Fsp3) is 0.136. The van der Waals surface area contributed by atoms with Gasteiger partial charge in [0.05, 0.1) is 11.7 Å². The number of halogens is 2. The molecule has 2 heterocycles. The summed E-state index contributed by atoms with van der Waals surface area (Å²) in [6.45, 7) is 0. The number of hydrogen-bond donors (Lipinski definition) is 2. The van der Waals surface area contributed by atoms with Gasteiger partial charge < -0.3 is 11.5 Å². The Hall–Kier alpha value is -3.65. The van der Waals surface area contributed by atoms with Gasteiger partial charge in [-0.05, 0) is 29.3 Å². The molecule has 0 bridgehead atoms. The van der Waals surface area contributed by atoms with Gasteiger partial charge in [0.2, 0.25) is 0 Å². The van der Waals surface area contributed by atoms with Crippen LogP contribution >= 0.6 is 0 Å². The predicted molar refractivity (Wildman–Crippen MR) is 108 cm³/mol. The van der Waals surface area contributed by atoms with E-state index in [0.29, 0.717) is 33.7 Å². The molecular formula is C22H17F2N5O. The lowest BCUT2D eigenvalue weighted by Gasteiger charge is -2.14. The molecule has 1 aliphatic carbocycles. The van der Waals surface area contributed by atoms with Crippen LogP contribution in [0.5, 0.6) is 0 Å². The SMILES string of the molecule is NC(=O)c1ccc2nc(-c3ccc4c(c3)CC(F)(F)[C@@H]4N)c(-c3ccccc3)n2n1. The predicted octanol–water partition coefficient (Wildman–Crippen LogP) is 3.35. The van der Waals surface area contributed by atoms with Crippen molar-refractivity contribution in [2.24, 2.45) is 11.5 Å². The maximum atomic E-state index is 14.1.